The Bertz CT molecular complexity index is 651. The summed E-state index contributed by atoms with van der Waals surface area (Å²) >= 11 is -1.70. The van der Waals surface area contributed by atoms with Crippen LogP contribution in [0.2, 0.25) is 0 Å². The number of benzene rings is 1. The molecule has 0 unspecified atom stereocenters. The van der Waals surface area contributed by atoms with Gasteiger partial charge in [-0.2, -0.15) is 34.8 Å². The molecule has 0 aliphatic rings. The summed E-state index contributed by atoms with van der Waals surface area (Å²) in [6.07, 6.45) is 0. The van der Waals surface area contributed by atoms with Crippen LogP contribution in [-0.4, -0.2) is 24.8 Å². The topological polar surface area (TPSA) is 34.1 Å². The van der Waals surface area contributed by atoms with Crippen LogP contribution in [0, 0.1) is 11.6 Å². The molecule has 13 heteroatoms. The van der Waals surface area contributed by atoms with Crippen molar-refractivity contribution < 1.29 is 47.4 Å². The van der Waals surface area contributed by atoms with Gasteiger partial charge in [0.05, 0.1) is 4.90 Å². The maximum Gasteiger partial charge on any atom is 0.443 e. The fraction of sp³-hybridized carbons (Fsp3) is 0.333. The van der Waals surface area contributed by atoms with Crippen LogP contribution < -0.4 is 0 Å². The number of alkyl halides is 6. The molecule has 22 heavy (non-hydrogen) atoms. The van der Waals surface area contributed by atoms with E-state index in [4.69, 9.17) is 0 Å². The lowest BCUT2D eigenvalue weighted by Crippen LogP contribution is -2.55. The van der Waals surface area contributed by atoms with Crippen LogP contribution in [0.4, 0.5) is 39.0 Å². The van der Waals surface area contributed by atoms with Crippen molar-refractivity contribution in [2.24, 2.45) is 0 Å². The van der Waals surface area contributed by atoms with Crippen LogP contribution in [-0.2, 0) is 10.2 Å². The van der Waals surface area contributed by atoms with E-state index >= 15 is 0 Å². The van der Waals surface area contributed by atoms with Gasteiger partial charge in [-0.15, -0.1) is 0 Å². The zero-order chi connectivity index (χ0) is 17.6. The molecule has 0 saturated heterocycles. The standard InChI is InChI=1S/C9H3F9O2S2/c10-4-2-1-3-5(11)6(4)21-8(14,15)7(12,13)9(16,17)22(18,19)20/h1-3H. The van der Waals surface area contributed by atoms with Crippen molar-refractivity contribution in [1.29, 1.82) is 0 Å². The maximum atomic E-state index is 13.2. The average molecular weight is 378 g/mol. The average Bonchev–Trinajstić information content (AvgIpc) is 2.32. The van der Waals surface area contributed by atoms with Crippen molar-refractivity contribution in [3.05, 3.63) is 29.8 Å². The molecule has 2 nitrogen and oxygen atoms in total. The van der Waals surface area contributed by atoms with Crippen LogP contribution in [0.3, 0.4) is 0 Å². The lowest BCUT2D eigenvalue weighted by molar-refractivity contribution is -0.241. The smallest absolute Gasteiger partial charge is 0.206 e. The summed E-state index contributed by atoms with van der Waals surface area (Å²) < 4.78 is 136. The van der Waals surface area contributed by atoms with Gasteiger partial charge >= 0.3 is 26.7 Å². The van der Waals surface area contributed by atoms with Crippen molar-refractivity contribution in [3.8, 4) is 0 Å². The van der Waals surface area contributed by atoms with E-state index in [0.29, 0.717) is 18.2 Å². The first-order valence-electron chi connectivity index (χ1n) is 4.86. The number of hydrogen-bond acceptors (Lipinski definition) is 3. The van der Waals surface area contributed by atoms with Crippen LogP contribution in [0.5, 0.6) is 0 Å². The predicted molar refractivity (Wildman–Crippen MR) is 57.1 cm³/mol. The van der Waals surface area contributed by atoms with Crippen molar-refractivity contribution in [2.45, 2.75) is 21.3 Å². The summed E-state index contributed by atoms with van der Waals surface area (Å²) in [6.45, 7) is 0. The Morgan fingerprint density at radius 2 is 1.32 bits per heavy atom. The quantitative estimate of drug-likeness (QED) is 0.438. The molecule has 0 radical (unpaired) electrons. The molecule has 0 atom stereocenters. The molecule has 1 rings (SSSR count). The van der Waals surface area contributed by atoms with Crippen molar-refractivity contribution >= 4 is 22.0 Å². The molecule has 1 aromatic carbocycles. The highest BCUT2D eigenvalue weighted by Crippen LogP contribution is 2.55. The number of thioether (sulfide) groups is 1. The van der Waals surface area contributed by atoms with Crippen LogP contribution in [0.15, 0.2) is 23.1 Å². The van der Waals surface area contributed by atoms with E-state index in [0.717, 1.165) is 0 Å². The second kappa shape index (κ2) is 5.51. The number of rotatable bonds is 5. The zero-order valence-electron chi connectivity index (χ0n) is 9.77. The molecule has 0 bridgehead atoms. The summed E-state index contributed by atoms with van der Waals surface area (Å²) in [5, 5.41) is -12.9. The number of halogens is 9. The molecule has 126 valence electrons. The third-order valence-electron chi connectivity index (χ3n) is 2.19. The molecule has 0 heterocycles. The lowest BCUT2D eigenvalue weighted by atomic mass is 10.3. The highest BCUT2D eigenvalue weighted by molar-refractivity contribution is 8.00. The second-order valence-corrected chi connectivity index (χ2v) is 6.21. The van der Waals surface area contributed by atoms with Gasteiger partial charge in [0.25, 0.3) is 0 Å². The SMILES string of the molecule is O=S(=O)(F)C(F)(F)C(F)(F)C(F)(F)Sc1c(F)cccc1F. The minimum Gasteiger partial charge on any atom is -0.206 e. The molecule has 0 aliphatic heterocycles. The van der Waals surface area contributed by atoms with Gasteiger partial charge in [0.15, 0.2) is 0 Å². The van der Waals surface area contributed by atoms with E-state index in [9.17, 15) is 47.4 Å². The molecule has 1 aromatic rings. The first-order chi connectivity index (χ1) is 9.65. The zero-order valence-corrected chi connectivity index (χ0v) is 11.4. The van der Waals surface area contributed by atoms with Crippen molar-refractivity contribution in [1.82, 2.24) is 0 Å². The van der Waals surface area contributed by atoms with Crippen molar-refractivity contribution in [3.63, 3.8) is 0 Å². The molecule has 0 fully saturated rings. The fourth-order valence-electron chi connectivity index (χ4n) is 1.09. The Hall–Kier alpha value is -1.11. The van der Waals surface area contributed by atoms with Gasteiger partial charge in [0.1, 0.15) is 11.6 Å². The molecule has 0 saturated carbocycles. The summed E-state index contributed by atoms with van der Waals surface area (Å²) in [5.74, 6) is -10.4. The van der Waals surface area contributed by atoms with Gasteiger partial charge in [0, 0.05) is 0 Å². The maximum absolute atomic E-state index is 13.2. The lowest BCUT2D eigenvalue weighted by Gasteiger charge is -2.29. The second-order valence-electron chi connectivity index (χ2n) is 3.70. The van der Waals surface area contributed by atoms with Gasteiger partial charge in [0.2, 0.25) is 0 Å². The Kier molecular flexibility index (Phi) is 4.74. The molecular weight excluding hydrogens is 375 g/mol. The van der Waals surface area contributed by atoms with Crippen LogP contribution >= 0.6 is 11.8 Å². The Labute approximate surface area is 121 Å². The first-order valence-corrected chi connectivity index (χ1v) is 7.06. The Balaban J connectivity index is 3.34. The van der Waals surface area contributed by atoms with Gasteiger partial charge in [-0.3, -0.25) is 0 Å². The highest BCUT2D eigenvalue weighted by Gasteiger charge is 2.78. The summed E-state index contributed by atoms with van der Waals surface area (Å²) in [6, 6.07) is 1.40. The van der Waals surface area contributed by atoms with Crippen molar-refractivity contribution in [2.75, 3.05) is 0 Å². The predicted octanol–water partition coefficient (Wildman–Crippen LogP) is 4.18. The largest absolute Gasteiger partial charge is 0.443 e. The highest BCUT2D eigenvalue weighted by atomic mass is 32.3. The number of hydrogen-bond donors (Lipinski definition) is 0. The fourth-order valence-corrected chi connectivity index (χ4v) is 2.44. The molecular formula is C9H3F9O2S2. The van der Waals surface area contributed by atoms with Gasteiger partial charge in [-0.1, -0.05) is 9.95 Å². The van der Waals surface area contributed by atoms with Gasteiger partial charge in [-0.25, -0.2) is 8.78 Å². The van der Waals surface area contributed by atoms with E-state index in [2.05, 4.69) is 0 Å². The Morgan fingerprint density at radius 1 is 0.909 bits per heavy atom. The monoisotopic (exact) mass is 378 g/mol. The minimum absolute atomic E-state index is 0.365. The summed E-state index contributed by atoms with van der Waals surface area (Å²) in [4.78, 5) is -1.76. The summed E-state index contributed by atoms with van der Waals surface area (Å²) in [5.41, 5.74) is 0. The summed E-state index contributed by atoms with van der Waals surface area (Å²) in [7, 11) is -7.42. The Morgan fingerprint density at radius 3 is 1.68 bits per heavy atom. The van der Waals surface area contributed by atoms with E-state index in [1.165, 1.54) is 0 Å². The van der Waals surface area contributed by atoms with Crippen LogP contribution in [0.25, 0.3) is 0 Å². The molecule has 0 aliphatic carbocycles. The van der Waals surface area contributed by atoms with Crippen LogP contribution in [0.1, 0.15) is 0 Å². The minimum atomic E-state index is -7.42. The molecule has 0 spiro atoms. The first kappa shape index (κ1) is 18.9. The van der Waals surface area contributed by atoms with Gasteiger partial charge in [-0.05, 0) is 23.9 Å². The molecule has 0 amide bonds. The third-order valence-corrected chi connectivity index (χ3v) is 4.16. The third kappa shape index (κ3) is 3.00. The van der Waals surface area contributed by atoms with E-state index in [1.54, 1.807) is 0 Å². The molecule has 0 N–H and O–H groups in total. The van der Waals surface area contributed by atoms with E-state index in [-0.39, 0.29) is 0 Å². The normalized spacial score (nSPS) is 14.2. The van der Waals surface area contributed by atoms with E-state index < -0.39 is 54.9 Å². The van der Waals surface area contributed by atoms with E-state index in [1.807, 2.05) is 0 Å². The molecule has 0 aromatic heterocycles. The van der Waals surface area contributed by atoms with Gasteiger partial charge < -0.3 is 0 Å².